The summed E-state index contributed by atoms with van der Waals surface area (Å²) in [6.45, 7) is 8.14. The van der Waals surface area contributed by atoms with Crippen LogP contribution in [0.2, 0.25) is 0 Å². The van der Waals surface area contributed by atoms with Gasteiger partial charge >= 0.3 is 0 Å². The Morgan fingerprint density at radius 2 is 1.80 bits per heavy atom. The summed E-state index contributed by atoms with van der Waals surface area (Å²) in [5, 5.41) is 0. The van der Waals surface area contributed by atoms with Crippen molar-refractivity contribution in [3.8, 4) is 0 Å². The number of nitrogens with one attached hydrogen (secondary N) is 1. The van der Waals surface area contributed by atoms with E-state index in [0.717, 1.165) is 0 Å². The summed E-state index contributed by atoms with van der Waals surface area (Å²) in [6, 6.07) is 0. The third-order valence-corrected chi connectivity index (χ3v) is 2.48. The van der Waals surface area contributed by atoms with Gasteiger partial charge in [0.05, 0.1) is 25.1 Å². The quantitative estimate of drug-likeness (QED) is 0.640. The van der Waals surface area contributed by atoms with E-state index in [1.165, 1.54) is 0 Å². The average Bonchev–Trinajstić information content (AvgIpc) is 2.01. The summed E-state index contributed by atoms with van der Waals surface area (Å²) >= 11 is 0. The van der Waals surface area contributed by atoms with Crippen molar-refractivity contribution in [2.24, 2.45) is 5.92 Å². The summed E-state index contributed by atoms with van der Waals surface area (Å²) in [5.41, 5.74) is 0. The summed E-state index contributed by atoms with van der Waals surface area (Å²) in [5.74, 6) is 0.211. The van der Waals surface area contributed by atoms with Crippen molar-refractivity contribution in [2.45, 2.75) is 33.8 Å². The number of rotatable bonds is 8. The highest BCUT2D eigenvalue weighted by Gasteiger charge is 2.10. The maximum Gasteiger partial charge on any atom is 0.235 e. The molecule has 0 bridgehead atoms. The van der Waals surface area contributed by atoms with Crippen molar-refractivity contribution >= 4 is 10.0 Å². The lowest BCUT2D eigenvalue weighted by Crippen LogP contribution is -2.30. The molecule has 0 aromatic carbocycles. The molecule has 92 valence electrons. The van der Waals surface area contributed by atoms with Gasteiger partial charge in [0.2, 0.25) is 10.0 Å². The van der Waals surface area contributed by atoms with Gasteiger partial charge in [-0.2, -0.15) is 0 Å². The molecule has 0 saturated carbocycles. The Labute approximate surface area is 92.2 Å². The first-order chi connectivity index (χ1) is 6.83. The van der Waals surface area contributed by atoms with Crippen LogP contribution in [0.5, 0.6) is 0 Å². The fraction of sp³-hybridized carbons (Fsp3) is 1.00. The van der Waals surface area contributed by atoms with Crippen molar-refractivity contribution < 1.29 is 18.0 Å². The molecule has 0 aliphatic carbocycles. The van der Waals surface area contributed by atoms with Gasteiger partial charge in [0, 0.05) is 0 Å². The molecule has 0 aliphatic heterocycles. The van der Waals surface area contributed by atoms with Gasteiger partial charge in [0.1, 0.15) is 0 Å². The summed E-state index contributed by atoms with van der Waals surface area (Å²) in [6.07, 6.45) is 0.0387. The third-order valence-electron chi connectivity index (χ3n) is 1.41. The normalized spacial score (nSPS) is 12.7. The van der Waals surface area contributed by atoms with Crippen LogP contribution in [0.3, 0.4) is 0 Å². The molecule has 0 aromatic rings. The largest absolute Gasteiger partial charge is 0.378 e. The lowest BCUT2D eigenvalue weighted by atomic mass is 10.2. The second-order valence-corrected chi connectivity index (χ2v) is 5.83. The summed E-state index contributed by atoms with van der Waals surface area (Å²) < 4.78 is 27.7. The molecule has 0 radical (unpaired) electrons. The van der Waals surface area contributed by atoms with E-state index in [1.54, 1.807) is 0 Å². The monoisotopic (exact) mass is 239 g/mol. The van der Waals surface area contributed by atoms with Gasteiger partial charge in [-0.05, 0) is 19.8 Å². The van der Waals surface area contributed by atoms with Gasteiger partial charge in [0.25, 0.3) is 0 Å². The third kappa shape index (κ3) is 10.1. The van der Waals surface area contributed by atoms with Gasteiger partial charge in [-0.1, -0.05) is 18.7 Å². The first kappa shape index (κ1) is 14.8. The second kappa shape index (κ2) is 7.16. The van der Waals surface area contributed by atoms with Crippen LogP contribution >= 0.6 is 0 Å². The molecule has 0 unspecified atom stereocenters. The van der Waals surface area contributed by atoms with E-state index < -0.39 is 10.0 Å². The minimum atomic E-state index is -3.37. The topological polar surface area (TPSA) is 64.6 Å². The molecular formula is C9H21NO4S. The van der Waals surface area contributed by atoms with Crippen LogP contribution in [0, 0.1) is 5.92 Å². The molecule has 0 aliphatic rings. The van der Waals surface area contributed by atoms with Gasteiger partial charge in [-0.3, -0.25) is 4.84 Å². The molecule has 0 saturated heterocycles. The predicted octanol–water partition coefficient (Wildman–Crippen LogP) is 0.918. The van der Waals surface area contributed by atoms with Crippen LogP contribution in [0.4, 0.5) is 0 Å². The van der Waals surface area contributed by atoms with Gasteiger partial charge in [-0.15, -0.1) is 0 Å². The van der Waals surface area contributed by atoms with E-state index >= 15 is 0 Å². The predicted molar refractivity (Wildman–Crippen MR) is 58.8 cm³/mol. The average molecular weight is 239 g/mol. The van der Waals surface area contributed by atoms with Crippen molar-refractivity contribution in [3.05, 3.63) is 0 Å². The fourth-order valence-corrected chi connectivity index (χ4v) is 1.37. The van der Waals surface area contributed by atoms with Crippen molar-refractivity contribution in [1.82, 2.24) is 4.89 Å². The zero-order valence-corrected chi connectivity index (χ0v) is 10.6. The zero-order chi connectivity index (χ0) is 11.9. The first-order valence-electron chi connectivity index (χ1n) is 5.06. The minimum absolute atomic E-state index is 0.0387. The highest BCUT2D eigenvalue weighted by Crippen LogP contribution is 1.94. The van der Waals surface area contributed by atoms with E-state index in [9.17, 15) is 8.42 Å². The molecule has 1 N–H and O–H groups in total. The molecule has 6 heteroatoms. The highest BCUT2D eigenvalue weighted by atomic mass is 32.2. The van der Waals surface area contributed by atoms with Gasteiger partial charge in [-0.25, -0.2) is 8.42 Å². The Kier molecular flexibility index (Phi) is 7.08. The molecule has 0 spiro atoms. The molecule has 5 nitrogen and oxygen atoms in total. The maximum absolute atomic E-state index is 11.3. The van der Waals surface area contributed by atoms with Crippen LogP contribution < -0.4 is 4.89 Å². The van der Waals surface area contributed by atoms with Gasteiger partial charge < -0.3 is 4.74 Å². The van der Waals surface area contributed by atoms with E-state index in [4.69, 9.17) is 9.57 Å². The lowest BCUT2D eigenvalue weighted by Gasteiger charge is -2.10. The Bertz CT molecular complexity index is 229. The van der Waals surface area contributed by atoms with Crippen LogP contribution in [-0.2, 0) is 19.6 Å². The Balaban J connectivity index is 3.68. The smallest absolute Gasteiger partial charge is 0.235 e. The molecule has 15 heavy (non-hydrogen) atoms. The Hall–Kier alpha value is -0.170. The Morgan fingerprint density at radius 3 is 2.27 bits per heavy atom. The van der Waals surface area contributed by atoms with Crippen LogP contribution in [0.1, 0.15) is 27.7 Å². The van der Waals surface area contributed by atoms with Crippen LogP contribution in [-0.4, -0.2) is 33.5 Å². The van der Waals surface area contributed by atoms with E-state index in [1.807, 2.05) is 27.7 Å². The van der Waals surface area contributed by atoms with E-state index in [2.05, 4.69) is 4.89 Å². The number of sulfonamides is 1. The number of ether oxygens (including phenoxy) is 1. The number of hydrogen-bond donors (Lipinski definition) is 1. The zero-order valence-electron chi connectivity index (χ0n) is 9.82. The van der Waals surface area contributed by atoms with E-state index in [0.29, 0.717) is 12.5 Å². The standard InChI is InChI=1S/C9H21NO4S/c1-8(2)7-14-10-15(11,12)6-5-13-9(3)4/h8-10H,5-7H2,1-4H3. The first-order valence-corrected chi connectivity index (χ1v) is 6.71. The minimum Gasteiger partial charge on any atom is -0.378 e. The molecule has 0 heterocycles. The Morgan fingerprint density at radius 1 is 1.20 bits per heavy atom. The summed E-state index contributed by atoms with van der Waals surface area (Å²) in [4.78, 5) is 6.88. The highest BCUT2D eigenvalue weighted by molar-refractivity contribution is 7.89. The van der Waals surface area contributed by atoms with Crippen molar-refractivity contribution in [3.63, 3.8) is 0 Å². The molecule has 0 aromatic heterocycles. The molecule has 0 rings (SSSR count). The molecule has 0 fully saturated rings. The maximum atomic E-state index is 11.3. The lowest BCUT2D eigenvalue weighted by molar-refractivity contribution is 0.0683. The second-order valence-electron chi connectivity index (χ2n) is 4.03. The molecule has 0 atom stereocenters. The number of hydrogen-bond acceptors (Lipinski definition) is 4. The summed E-state index contributed by atoms with van der Waals surface area (Å²) in [7, 11) is -3.37. The fourth-order valence-electron chi connectivity index (χ4n) is 0.726. The van der Waals surface area contributed by atoms with Crippen LogP contribution in [0.15, 0.2) is 0 Å². The van der Waals surface area contributed by atoms with Crippen molar-refractivity contribution in [1.29, 1.82) is 0 Å². The molecular weight excluding hydrogens is 218 g/mol. The van der Waals surface area contributed by atoms with Crippen molar-refractivity contribution in [2.75, 3.05) is 19.0 Å². The molecule has 0 amide bonds. The van der Waals surface area contributed by atoms with Crippen LogP contribution in [0.25, 0.3) is 0 Å². The van der Waals surface area contributed by atoms with E-state index in [-0.39, 0.29) is 18.5 Å². The van der Waals surface area contributed by atoms with Gasteiger partial charge in [0.15, 0.2) is 0 Å². The SMILES string of the molecule is CC(C)CONS(=O)(=O)CCOC(C)C.